The summed E-state index contributed by atoms with van der Waals surface area (Å²) in [5.74, 6) is 4.01. The number of nitrogens with one attached hydrogen (secondary N) is 3. The first-order valence-corrected chi connectivity index (χ1v) is 19.4. The molecule has 1 aliphatic heterocycles. The third-order valence-electron chi connectivity index (χ3n) is 9.85. The molecule has 12 nitrogen and oxygen atoms in total. The summed E-state index contributed by atoms with van der Waals surface area (Å²) >= 11 is 0. The van der Waals surface area contributed by atoms with Crippen molar-refractivity contribution >= 4 is 39.9 Å². The first kappa shape index (κ1) is 41.3. The van der Waals surface area contributed by atoms with Gasteiger partial charge in [-0.25, -0.2) is 9.78 Å². The van der Waals surface area contributed by atoms with Crippen LogP contribution in [0.3, 0.4) is 0 Å². The summed E-state index contributed by atoms with van der Waals surface area (Å²) in [7, 11) is 1.48. The average molecular weight is 783 g/mol. The Morgan fingerprint density at radius 1 is 0.966 bits per heavy atom. The summed E-state index contributed by atoms with van der Waals surface area (Å²) < 4.78 is 17.4. The Kier molecular flexibility index (Phi) is 13.1. The summed E-state index contributed by atoms with van der Waals surface area (Å²) in [5, 5.41) is 10.4. The Morgan fingerprint density at radius 3 is 2.41 bits per heavy atom. The number of nitrogens with zero attached hydrogens (tertiary/aromatic N) is 3. The minimum Gasteiger partial charge on any atom is -0.494 e. The van der Waals surface area contributed by atoms with Crippen molar-refractivity contribution < 1.29 is 28.6 Å². The minimum atomic E-state index is -0.504. The zero-order chi connectivity index (χ0) is 41.4. The van der Waals surface area contributed by atoms with Crippen molar-refractivity contribution in [1.29, 1.82) is 0 Å². The van der Waals surface area contributed by atoms with Crippen LogP contribution in [0.25, 0.3) is 10.8 Å². The average Bonchev–Trinajstić information content (AvgIpc) is 3.21. The van der Waals surface area contributed by atoms with Crippen LogP contribution in [-0.2, 0) is 16.6 Å². The van der Waals surface area contributed by atoms with Crippen molar-refractivity contribution in [2.75, 3.05) is 50.6 Å². The molecule has 1 aliphatic rings. The predicted octanol–water partition coefficient (Wildman–Crippen LogP) is 7.99. The number of urea groups is 1. The van der Waals surface area contributed by atoms with Gasteiger partial charge in [0.2, 0.25) is 5.88 Å². The molecular formula is C46H50N6O6. The Balaban J connectivity index is 1.18. The highest BCUT2D eigenvalue weighted by molar-refractivity contribution is 6.09. The van der Waals surface area contributed by atoms with Gasteiger partial charge in [0.05, 0.1) is 37.3 Å². The predicted molar refractivity (Wildman–Crippen MR) is 226 cm³/mol. The van der Waals surface area contributed by atoms with Gasteiger partial charge in [-0.1, -0.05) is 57.9 Å². The lowest BCUT2D eigenvalue weighted by Crippen LogP contribution is -2.46. The zero-order valence-electron chi connectivity index (χ0n) is 33.9. The molecule has 5 aromatic rings. The number of ketones is 1. The molecule has 12 heteroatoms. The second kappa shape index (κ2) is 18.3. The van der Waals surface area contributed by atoms with E-state index in [1.165, 1.54) is 7.11 Å². The van der Waals surface area contributed by atoms with Crippen LogP contribution in [0.1, 0.15) is 84.3 Å². The van der Waals surface area contributed by atoms with Gasteiger partial charge in [0.1, 0.15) is 11.6 Å². The Hall–Kier alpha value is -6.29. The largest absolute Gasteiger partial charge is 0.494 e. The summed E-state index contributed by atoms with van der Waals surface area (Å²) in [6.07, 6.45) is 8.02. The molecule has 1 saturated heterocycles. The van der Waals surface area contributed by atoms with E-state index in [0.29, 0.717) is 77.3 Å². The van der Waals surface area contributed by atoms with E-state index in [0.717, 1.165) is 41.5 Å². The normalized spacial score (nSPS) is 13.6. The monoisotopic (exact) mass is 782 g/mol. The van der Waals surface area contributed by atoms with Crippen LogP contribution in [0.2, 0.25) is 0 Å². The number of ether oxygens (including phenoxy) is 3. The van der Waals surface area contributed by atoms with Crippen molar-refractivity contribution in [1.82, 2.24) is 20.2 Å². The number of rotatable bonds is 13. The molecule has 1 fully saturated rings. The van der Waals surface area contributed by atoms with Crippen molar-refractivity contribution in [2.45, 2.75) is 58.9 Å². The quantitative estimate of drug-likeness (QED) is 0.0800. The maximum absolute atomic E-state index is 13.5. The molecule has 0 unspecified atom stereocenters. The lowest BCUT2D eigenvalue weighted by Gasteiger charge is -2.29. The fourth-order valence-electron chi connectivity index (χ4n) is 6.87. The van der Waals surface area contributed by atoms with Crippen LogP contribution in [0, 0.1) is 12.3 Å². The molecule has 1 atom stereocenters. The van der Waals surface area contributed by atoms with Crippen molar-refractivity contribution in [3.8, 4) is 29.7 Å². The molecule has 0 saturated carbocycles. The number of Topliss-reactive ketones (excluding diaryl/α,β-unsaturated/α-hetero) is 1. The van der Waals surface area contributed by atoms with E-state index in [1.54, 1.807) is 37.4 Å². The van der Waals surface area contributed by atoms with E-state index in [4.69, 9.17) is 20.6 Å². The second-order valence-corrected chi connectivity index (χ2v) is 15.3. The minimum absolute atomic E-state index is 0.0639. The van der Waals surface area contributed by atoms with Crippen LogP contribution in [0.15, 0.2) is 79.0 Å². The topological polar surface area (TPSA) is 144 Å². The van der Waals surface area contributed by atoms with Gasteiger partial charge in [-0.2, -0.15) is 4.98 Å². The van der Waals surface area contributed by atoms with Crippen LogP contribution in [0.4, 0.5) is 16.2 Å². The van der Waals surface area contributed by atoms with Gasteiger partial charge in [0, 0.05) is 72.7 Å². The van der Waals surface area contributed by atoms with Crippen LogP contribution >= 0.6 is 0 Å². The number of carbonyl (C=O) groups excluding carboxylic acids is 3. The van der Waals surface area contributed by atoms with E-state index in [1.807, 2.05) is 76.2 Å². The summed E-state index contributed by atoms with van der Waals surface area (Å²) in [6.45, 7) is 13.7. The number of anilines is 2. The molecule has 6 rings (SSSR count). The first-order valence-electron chi connectivity index (χ1n) is 19.4. The highest BCUT2D eigenvalue weighted by atomic mass is 16.5. The molecule has 0 radical (unpaired) electrons. The molecule has 300 valence electrons. The van der Waals surface area contributed by atoms with Gasteiger partial charge < -0.3 is 30.2 Å². The fraction of sp³-hybridized carbons (Fsp3) is 0.326. The van der Waals surface area contributed by atoms with Crippen LogP contribution < -0.4 is 25.4 Å². The Bertz CT molecular complexity index is 2360. The molecule has 1 aromatic heterocycles. The van der Waals surface area contributed by atoms with Gasteiger partial charge in [-0.15, -0.1) is 6.42 Å². The number of aromatic nitrogens is 2. The number of benzene rings is 4. The molecule has 58 heavy (non-hydrogen) atoms. The standard InChI is InChI=1S/C46H50N6O6/c1-8-30-22-31(24-32(23-30)44(54)48-29(3)28-52-18-20-57-21-19-52)25-41-47-17-16-42(51-41)58-40-15-14-37(34-12-10-11-13-35(34)40)49-45(55)50-38-27-33(46(4,5)6)26-36(39(53)9-2)43(38)56-7/h1,10-17,22-24,26-27,29H,9,18-21,25,28H2,2-7H3,(H,48,54)(H2,49,50,55)/t29-/m1/s1. The van der Waals surface area contributed by atoms with E-state index >= 15 is 0 Å². The van der Waals surface area contributed by atoms with Gasteiger partial charge in [-0.3, -0.25) is 14.5 Å². The van der Waals surface area contributed by atoms with E-state index < -0.39 is 6.03 Å². The number of hydrogen-bond donors (Lipinski definition) is 3. The number of carbonyl (C=O) groups is 3. The fourth-order valence-corrected chi connectivity index (χ4v) is 6.87. The van der Waals surface area contributed by atoms with E-state index in [-0.39, 0.29) is 23.1 Å². The number of terminal acetylenes is 1. The van der Waals surface area contributed by atoms with Gasteiger partial charge in [-0.05, 0) is 65.9 Å². The third kappa shape index (κ3) is 10.2. The number of fused-ring (bicyclic) bond motifs is 1. The summed E-state index contributed by atoms with van der Waals surface area (Å²) in [5.41, 5.74) is 3.80. The first-order chi connectivity index (χ1) is 27.8. The summed E-state index contributed by atoms with van der Waals surface area (Å²) in [6, 6.07) is 21.2. The van der Waals surface area contributed by atoms with Gasteiger partial charge >= 0.3 is 6.03 Å². The third-order valence-corrected chi connectivity index (χ3v) is 9.85. The highest BCUT2D eigenvalue weighted by Crippen LogP contribution is 2.37. The van der Waals surface area contributed by atoms with Gasteiger partial charge in [0.15, 0.2) is 11.5 Å². The van der Waals surface area contributed by atoms with Crippen LogP contribution in [-0.4, -0.2) is 78.6 Å². The highest BCUT2D eigenvalue weighted by Gasteiger charge is 2.24. The molecule has 3 N–H and O–H groups in total. The van der Waals surface area contributed by atoms with Crippen molar-refractivity contribution in [2.24, 2.45) is 0 Å². The summed E-state index contributed by atoms with van der Waals surface area (Å²) in [4.78, 5) is 51.2. The van der Waals surface area contributed by atoms with E-state index in [9.17, 15) is 14.4 Å². The van der Waals surface area contributed by atoms with Crippen molar-refractivity contribution in [3.05, 3.63) is 113 Å². The number of amides is 3. The SMILES string of the molecule is C#Cc1cc(Cc2nccc(Oc3ccc(NC(=O)Nc4cc(C(C)(C)C)cc(C(=O)CC)c4OC)c4ccccc34)n2)cc(C(=O)N[C@H](C)CN2CCOCC2)c1. The molecule has 0 bridgehead atoms. The second-order valence-electron chi connectivity index (χ2n) is 15.3. The van der Waals surface area contributed by atoms with Crippen molar-refractivity contribution in [3.63, 3.8) is 0 Å². The number of methoxy groups -OCH3 is 1. The maximum atomic E-state index is 13.5. The van der Waals surface area contributed by atoms with E-state index in [2.05, 4.69) is 36.7 Å². The number of hydrogen-bond acceptors (Lipinski definition) is 9. The lowest BCUT2D eigenvalue weighted by atomic mass is 9.85. The molecule has 2 heterocycles. The molecule has 4 aromatic carbocycles. The molecule has 3 amide bonds. The molecule has 0 aliphatic carbocycles. The van der Waals surface area contributed by atoms with Gasteiger partial charge in [0.25, 0.3) is 5.91 Å². The smallest absolute Gasteiger partial charge is 0.323 e. The number of morpholine rings is 1. The Labute approximate surface area is 339 Å². The lowest BCUT2D eigenvalue weighted by molar-refractivity contribution is 0.0342. The molecular weight excluding hydrogens is 733 g/mol. The maximum Gasteiger partial charge on any atom is 0.323 e. The molecule has 0 spiro atoms. The Morgan fingerprint density at radius 2 is 1.71 bits per heavy atom. The van der Waals surface area contributed by atoms with Crippen LogP contribution in [0.5, 0.6) is 17.4 Å². The zero-order valence-corrected chi connectivity index (χ0v) is 33.9.